The average molecular weight is 478 g/mol. The quantitative estimate of drug-likeness (QED) is 0.522. The summed E-state index contributed by atoms with van der Waals surface area (Å²) in [6, 6.07) is 12.8. The van der Waals surface area contributed by atoms with E-state index in [-0.39, 0.29) is 11.7 Å². The van der Waals surface area contributed by atoms with Crippen LogP contribution in [0.1, 0.15) is 0 Å². The number of thioether (sulfide) groups is 1. The van der Waals surface area contributed by atoms with Crippen LogP contribution in [0.15, 0.2) is 52.1 Å². The van der Waals surface area contributed by atoms with Gasteiger partial charge in [-0.15, -0.1) is 10.2 Å². The van der Waals surface area contributed by atoms with Crippen molar-refractivity contribution in [2.45, 2.75) is 5.22 Å². The number of piperazine rings is 1. The summed E-state index contributed by atoms with van der Waals surface area (Å²) >= 11 is 13.5. The van der Waals surface area contributed by atoms with Gasteiger partial charge in [-0.3, -0.25) is 4.79 Å². The number of aromatic nitrogens is 2. The molecule has 0 radical (unpaired) electrons. The topological polar surface area (TPSA) is 74.5 Å². The zero-order chi connectivity index (χ0) is 21.8. The van der Waals surface area contributed by atoms with Gasteiger partial charge in [0, 0.05) is 31.2 Å². The Morgan fingerprint density at radius 3 is 2.68 bits per heavy atom. The highest BCUT2D eigenvalue weighted by molar-refractivity contribution is 7.99. The first kappa shape index (κ1) is 22.0. The summed E-state index contributed by atoms with van der Waals surface area (Å²) in [5.74, 6) is 0.264. The number of nitrogens with one attached hydrogen (secondary N) is 1. The molecule has 1 aliphatic heterocycles. The maximum absolute atomic E-state index is 12.6. The molecule has 2 aromatic carbocycles. The van der Waals surface area contributed by atoms with E-state index in [1.165, 1.54) is 11.8 Å². The summed E-state index contributed by atoms with van der Waals surface area (Å²) in [5, 5.41) is 12.4. The van der Waals surface area contributed by atoms with Crippen molar-refractivity contribution < 1.29 is 9.21 Å². The van der Waals surface area contributed by atoms with Crippen molar-refractivity contribution in [3.8, 4) is 11.5 Å². The summed E-state index contributed by atoms with van der Waals surface area (Å²) in [4.78, 5) is 17.1. The Kier molecular flexibility index (Phi) is 7.02. The fraction of sp³-hybridized carbons (Fsp3) is 0.286. The van der Waals surface area contributed by atoms with Gasteiger partial charge in [-0.2, -0.15) is 0 Å². The molecule has 0 saturated carbocycles. The number of rotatable bonds is 6. The van der Waals surface area contributed by atoms with E-state index in [4.69, 9.17) is 27.6 Å². The van der Waals surface area contributed by atoms with Crippen LogP contribution in [0.2, 0.25) is 10.0 Å². The van der Waals surface area contributed by atoms with E-state index in [0.717, 1.165) is 31.9 Å². The summed E-state index contributed by atoms with van der Waals surface area (Å²) in [6.07, 6.45) is 0. The van der Waals surface area contributed by atoms with Gasteiger partial charge < -0.3 is 19.5 Å². The molecule has 162 valence electrons. The highest BCUT2D eigenvalue weighted by atomic mass is 35.5. The van der Waals surface area contributed by atoms with Crippen LogP contribution in [0.5, 0.6) is 0 Å². The van der Waals surface area contributed by atoms with Crippen molar-refractivity contribution in [1.82, 2.24) is 15.1 Å². The lowest BCUT2D eigenvalue weighted by atomic mass is 10.2. The Hall–Kier alpha value is -2.26. The van der Waals surface area contributed by atoms with E-state index in [1.54, 1.807) is 18.2 Å². The molecule has 1 N–H and O–H groups in total. The minimum Gasteiger partial charge on any atom is -0.411 e. The van der Waals surface area contributed by atoms with Crippen molar-refractivity contribution in [3.05, 3.63) is 52.5 Å². The van der Waals surface area contributed by atoms with E-state index >= 15 is 0 Å². The number of likely N-dealkylation sites (N-methyl/N-ethyl adjacent to an activating group) is 1. The molecule has 10 heteroatoms. The minimum absolute atomic E-state index is 0.124. The molecular weight excluding hydrogens is 457 g/mol. The van der Waals surface area contributed by atoms with Gasteiger partial charge in [0.05, 0.1) is 27.7 Å². The second kappa shape index (κ2) is 9.91. The monoisotopic (exact) mass is 477 g/mol. The first-order valence-electron chi connectivity index (χ1n) is 9.74. The number of hydrogen-bond donors (Lipinski definition) is 1. The van der Waals surface area contributed by atoms with Crippen molar-refractivity contribution >= 4 is 52.2 Å². The third-order valence-corrected chi connectivity index (χ3v) is 6.30. The molecule has 1 aliphatic rings. The lowest BCUT2D eigenvalue weighted by Gasteiger charge is -2.35. The van der Waals surface area contributed by atoms with Gasteiger partial charge in [0.2, 0.25) is 11.8 Å². The molecule has 1 saturated heterocycles. The molecule has 0 aliphatic carbocycles. The zero-order valence-electron chi connectivity index (χ0n) is 16.8. The second-order valence-electron chi connectivity index (χ2n) is 7.14. The fourth-order valence-electron chi connectivity index (χ4n) is 3.26. The molecule has 0 unspecified atom stereocenters. The lowest BCUT2D eigenvalue weighted by Crippen LogP contribution is -2.44. The molecule has 1 fully saturated rings. The van der Waals surface area contributed by atoms with E-state index in [1.807, 2.05) is 24.3 Å². The van der Waals surface area contributed by atoms with Gasteiger partial charge in [0.1, 0.15) is 0 Å². The molecule has 31 heavy (non-hydrogen) atoms. The van der Waals surface area contributed by atoms with E-state index in [9.17, 15) is 4.79 Å². The predicted octanol–water partition coefficient (Wildman–Crippen LogP) is 4.53. The standard InChI is InChI=1S/C21H21Cl2N5O2S/c1-27-8-10-28(11-9-27)18-7-6-14(22)12-17(18)24-19(29)13-31-21-26-25-20(30-21)15-4-2-3-5-16(15)23/h2-7,12H,8-11,13H2,1H3,(H,24,29). The molecule has 3 aromatic rings. The fourth-order valence-corrected chi connectivity index (χ4v) is 4.21. The molecule has 0 spiro atoms. The van der Waals surface area contributed by atoms with Crippen LogP contribution in [0.4, 0.5) is 11.4 Å². The van der Waals surface area contributed by atoms with Gasteiger partial charge in [0.15, 0.2) is 0 Å². The predicted molar refractivity (Wildman–Crippen MR) is 125 cm³/mol. The summed E-state index contributed by atoms with van der Waals surface area (Å²) in [5.41, 5.74) is 2.32. The van der Waals surface area contributed by atoms with Crippen LogP contribution in [0.25, 0.3) is 11.5 Å². The Bertz CT molecular complexity index is 1070. The summed E-state index contributed by atoms with van der Waals surface area (Å²) in [6.45, 7) is 3.72. The summed E-state index contributed by atoms with van der Waals surface area (Å²) in [7, 11) is 2.10. The van der Waals surface area contributed by atoms with E-state index < -0.39 is 0 Å². The van der Waals surface area contributed by atoms with Crippen LogP contribution in [0, 0.1) is 0 Å². The molecular formula is C21H21Cl2N5O2S. The maximum atomic E-state index is 12.6. The van der Waals surface area contributed by atoms with Crippen LogP contribution in [-0.4, -0.2) is 60.0 Å². The number of benzene rings is 2. The SMILES string of the molecule is CN1CCN(c2ccc(Cl)cc2NC(=O)CSc2nnc(-c3ccccc3Cl)o2)CC1. The molecule has 0 bridgehead atoms. The highest BCUT2D eigenvalue weighted by Crippen LogP contribution is 2.31. The van der Waals surface area contributed by atoms with Gasteiger partial charge in [-0.25, -0.2) is 0 Å². The average Bonchev–Trinajstić information content (AvgIpc) is 3.22. The number of carbonyl (C=O) groups is 1. The van der Waals surface area contributed by atoms with Gasteiger partial charge >= 0.3 is 0 Å². The van der Waals surface area contributed by atoms with Crippen molar-refractivity contribution in [2.24, 2.45) is 0 Å². The van der Waals surface area contributed by atoms with Crippen molar-refractivity contribution in [1.29, 1.82) is 0 Å². The minimum atomic E-state index is -0.180. The Morgan fingerprint density at radius 1 is 1.13 bits per heavy atom. The van der Waals surface area contributed by atoms with E-state index in [2.05, 4.69) is 32.4 Å². The molecule has 7 nitrogen and oxygen atoms in total. The van der Waals surface area contributed by atoms with E-state index in [0.29, 0.717) is 32.4 Å². The first-order chi connectivity index (χ1) is 15.0. The lowest BCUT2D eigenvalue weighted by molar-refractivity contribution is -0.113. The smallest absolute Gasteiger partial charge is 0.277 e. The first-order valence-corrected chi connectivity index (χ1v) is 11.5. The Balaban J connectivity index is 1.39. The Morgan fingerprint density at radius 2 is 1.90 bits per heavy atom. The maximum Gasteiger partial charge on any atom is 0.277 e. The third kappa shape index (κ3) is 5.51. The summed E-state index contributed by atoms with van der Waals surface area (Å²) < 4.78 is 5.64. The van der Waals surface area contributed by atoms with Crippen molar-refractivity contribution in [2.75, 3.05) is 49.2 Å². The number of amides is 1. The number of hydrogen-bond acceptors (Lipinski definition) is 7. The highest BCUT2D eigenvalue weighted by Gasteiger charge is 2.19. The van der Waals surface area contributed by atoms with Crippen LogP contribution in [-0.2, 0) is 4.79 Å². The number of nitrogens with zero attached hydrogens (tertiary/aromatic N) is 4. The normalized spacial score (nSPS) is 14.6. The number of carbonyl (C=O) groups excluding carboxylic acids is 1. The number of halogens is 2. The Labute approximate surface area is 194 Å². The molecule has 4 rings (SSSR count). The van der Waals surface area contributed by atoms with Crippen LogP contribution < -0.4 is 10.2 Å². The van der Waals surface area contributed by atoms with Crippen molar-refractivity contribution in [3.63, 3.8) is 0 Å². The molecule has 0 atom stereocenters. The third-order valence-electron chi connectivity index (χ3n) is 4.91. The second-order valence-corrected chi connectivity index (χ2v) is 8.91. The number of anilines is 2. The van der Waals surface area contributed by atoms with Gasteiger partial charge in [-0.05, 0) is 37.4 Å². The molecule has 2 heterocycles. The molecule has 1 aromatic heterocycles. The zero-order valence-corrected chi connectivity index (χ0v) is 19.2. The largest absolute Gasteiger partial charge is 0.411 e. The van der Waals surface area contributed by atoms with Gasteiger partial charge in [-0.1, -0.05) is 47.1 Å². The molecule has 1 amide bonds. The van der Waals surface area contributed by atoms with Crippen LogP contribution >= 0.6 is 35.0 Å². The van der Waals surface area contributed by atoms with Crippen LogP contribution in [0.3, 0.4) is 0 Å². The van der Waals surface area contributed by atoms with Gasteiger partial charge in [0.25, 0.3) is 5.22 Å².